The number of methoxy groups -OCH3 is 1. The molecule has 1 aliphatic heterocycles. The molecule has 0 unspecified atom stereocenters. The topological polar surface area (TPSA) is 49.9 Å². The summed E-state index contributed by atoms with van der Waals surface area (Å²) in [6.07, 6.45) is 2.42. The van der Waals surface area contributed by atoms with Gasteiger partial charge in [0.25, 0.3) is 0 Å². The highest BCUT2D eigenvalue weighted by Crippen LogP contribution is 2.43. The summed E-state index contributed by atoms with van der Waals surface area (Å²) < 4.78 is 30.6. The van der Waals surface area contributed by atoms with E-state index in [1.807, 2.05) is 24.3 Å². The van der Waals surface area contributed by atoms with Gasteiger partial charge in [0.2, 0.25) is 11.8 Å². The Morgan fingerprint density at radius 1 is 1.15 bits per heavy atom. The van der Waals surface area contributed by atoms with Crippen molar-refractivity contribution in [3.05, 3.63) is 35.9 Å². The van der Waals surface area contributed by atoms with Gasteiger partial charge in [-0.1, -0.05) is 18.2 Å². The van der Waals surface area contributed by atoms with E-state index in [0.717, 1.165) is 11.3 Å². The fourth-order valence-electron chi connectivity index (χ4n) is 3.40. The van der Waals surface area contributed by atoms with Crippen LogP contribution in [0.3, 0.4) is 0 Å². The lowest BCUT2D eigenvalue weighted by molar-refractivity contribution is -0.160. The first-order chi connectivity index (χ1) is 12.4. The molecule has 0 spiro atoms. The average molecular weight is 364 g/mol. The third kappa shape index (κ3) is 4.03. The molecule has 5 nitrogen and oxygen atoms in total. The highest BCUT2D eigenvalue weighted by atomic mass is 19.3. The maximum atomic E-state index is 13.0. The number of alkyl halides is 2. The van der Waals surface area contributed by atoms with Crippen LogP contribution in [-0.4, -0.2) is 56.0 Å². The number of rotatable bonds is 4. The zero-order valence-electron chi connectivity index (χ0n) is 14.7. The lowest BCUT2D eigenvalue weighted by Gasteiger charge is -2.41. The Labute approximate surface area is 151 Å². The van der Waals surface area contributed by atoms with Crippen LogP contribution in [0.25, 0.3) is 6.08 Å². The SMILES string of the molecule is COC(=O)/C=C/c1ccccc1N1CCN(C(=O)C2CC(F)(F)C2)CC1. The van der Waals surface area contributed by atoms with Crippen molar-refractivity contribution in [1.29, 1.82) is 0 Å². The van der Waals surface area contributed by atoms with Crippen LogP contribution in [0.1, 0.15) is 18.4 Å². The fourth-order valence-corrected chi connectivity index (χ4v) is 3.40. The minimum atomic E-state index is -2.67. The summed E-state index contributed by atoms with van der Waals surface area (Å²) in [6, 6.07) is 7.67. The molecule has 3 rings (SSSR count). The van der Waals surface area contributed by atoms with Crippen molar-refractivity contribution in [3.8, 4) is 0 Å². The summed E-state index contributed by atoms with van der Waals surface area (Å²) >= 11 is 0. The molecule has 1 heterocycles. The number of piperazine rings is 1. The van der Waals surface area contributed by atoms with Gasteiger partial charge < -0.3 is 14.5 Å². The predicted molar refractivity (Wildman–Crippen MR) is 94.0 cm³/mol. The van der Waals surface area contributed by atoms with Crippen LogP contribution in [0.15, 0.2) is 30.3 Å². The van der Waals surface area contributed by atoms with Crippen molar-refractivity contribution < 1.29 is 23.1 Å². The van der Waals surface area contributed by atoms with Gasteiger partial charge in [-0.3, -0.25) is 4.79 Å². The van der Waals surface area contributed by atoms with Crippen LogP contribution >= 0.6 is 0 Å². The summed E-state index contributed by atoms with van der Waals surface area (Å²) in [7, 11) is 1.33. The molecule has 2 aliphatic rings. The highest BCUT2D eigenvalue weighted by Gasteiger charge is 2.49. The van der Waals surface area contributed by atoms with Gasteiger partial charge in [0, 0.05) is 56.7 Å². The second-order valence-electron chi connectivity index (χ2n) is 6.69. The van der Waals surface area contributed by atoms with Gasteiger partial charge in [0.15, 0.2) is 0 Å². The van der Waals surface area contributed by atoms with Gasteiger partial charge in [-0.15, -0.1) is 0 Å². The zero-order valence-corrected chi connectivity index (χ0v) is 14.7. The van der Waals surface area contributed by atoms with Crippen LogP contribution in [0.4, 0.5) is 14.5 Å². The molecular weight excluding hydrogens is 342 g/mol. The third-order valence-corrected chi connectivity index (χ3v) is 4.91. The first-order valence-electron chi connectivity index (χ1n) is 8.66. The summed E-state index contributed by atoms with van der Waals surface area (Å²) in [5.41, 5.74) is 1.85. The van der Waals surface area contributed by atoms with E-state index in [1.54, 1.807) is 11.0 Å². The Bertz CT molecular complexity index is 704. The van der Waals surface area contributed by atoms with Crippen LogP contribution < -0.4 is 4.90 Å². The number of esters is 1. The van der Waals surface area contributed by atoms with Crippen LogP contribution in [0.2, 0.25) is 0 Å². The molecule has 140 valence electrons. The summed E-state index contributed by atoms with van der Waals surface area (Å²) in [5.74, 6) is -3.79. The minimum absolute atomic E-state index is 0.158. The molecule has 0 aromatic heterocycles. The third-order valence-electron chi connectivity index (χ3n) is 4.91. The molecule has 1 amide bonds. The Morgan fingerprint density at radius 3 is 2.42 bits per heavy atom. The van der Waals surface area contributed by atoms with E-state index < -0.39 is 17.8 Å². The first kappa shape index (κ1) is 18.4. The standard InChI is InChI=1S/C19H22F2N2O3/c1-26-17(24)7-6-14-4-2-3-5-16(14)22-8-10-23(11-9-22)18(25)15-12-19(20,21)13-15/h2-7,15H,8-13H2,1H3/b7-6+. The first-order valence-corrected chi connectivity index (χ1v) is 8.66. The largest absolute Gasteiger partial charge is 0.466 e. The molecule has 0 radical (unpaired) electrons. The maximum Gasteiger partial charge on any atom is 0.330 e. The number of carbonyl (C=O) groups is 2. The van der Waals surface area contributed by atoms with Crippen LogP contribution in [0.5, 0.6) is 0 Å². The number of hydrogen-bond acceptors (Lipinski definition) is 4. The Hall–Kier alpha value is -2.44. The van der Waals surface area contributed by atoms with Gasteiger partial charge in [-0.05, 0) is 17.7 Å². The van der Waals surface area contributed by atoms with Gasteiger partial charge in [-0.25, -0.2) is 13.6 Å². The minimum Gasteiger partial charge on any atom is -0.466 e. The number of ether oxygens (including phenoxy) is 1. The molecule has 1 aliphatic carbocycles. The summed E-state index contributed by atoms with van der Waals surface area (Å²) in [6.45, 7) is 2.27. The molecule has 1 aromatic rings. The number of anilines is 1. The number of hydrogen-bond donors (Lipinski definition) is 0. The maximum absolute atomic E-state index is 13.0. The van der Waals surface area contributed by atoms with E-state index in [2.05, 4.69) is 9.64 Å². The molecule has 1 saturated carbocycles. The second kappa shape index (κ2) is 7.43. The molecule has 0 atom stereocenters. The molecule has 1 aromatic carbocycles. The van der Waals surface area contributed by atoms with Gasteiger partial charge in [0.05, 0.1) is 7.11 Å². The van der Waals surface area contributed by atoms with Crippen molar-refractivity contribution in [2.45, 2.75) is 18.8 Å². The normalized spacial score (nSPS) is 20.1. The highest BCUT2D eigenvalue weighted by molar-refractivity contribution is 5.88. The molecule has 0 bridgehead atoms. The fraction of sp³-hybridized carbons (Fsp3) is 0.474. The monoisotopic (exact) mass is 364 g/mol. The number of halogens is 2. The average Bonchev–Trinajstić information content (AvgIpc) is 2.64. The van der Waals surface area contributed by atoms with Gasteiger partial charge in [0.1, 0.15) is 0 Å². The lowest BCUT2D eigenvalue weighted by Crippen LogP contribution is -2.53. The van der Waals surface area contributed by atoms with E-state index in [-0.39, 0.29) is 18.7 Å². The second-order valence-corrected chi connectivity index (χ2v) is 6.69. The van der Waals surface area contributed by atoms with Crippen molar-refractivity contribution in [2.24, 2.45) is 5.92 Å². The number of nitrogens with zero attached hydrogens (tertiary/aromatic N) is 2. The van der Waals surface area contributed by atoms with Crippen LogP contribution in [0, 0.1) is 5.92 Å². The molecule has 2 fully saturated rings. The Balaban J connectivity index is 1.61. The number of benzene rings is 1. The Morgan fingerprint density at radius 2 is 1.81 bits per heavy atom. The molecule has 7 heteroatoms. The van der Waals surface area contributed by atoms with E-state index in [1.165, 1.54) is 13.2 Å². The number of carbonyl (C=O) groups excluding carboxylic acids is 2. The smallest absolute Gasteiger partial charge is 0.330 e. The van der Waals surface area contributed by atoms with Crippen molar-refractivity contribution in [3.63, 3.8) is 0 Å². The van der Waals surface area contributed by atoms with Crippen molar-refractivity contribution in [1.82, 2.24) is 4.90 Å². The zero-order chi connectivity index (χ0) is 18.7. The van der Waals surface area contributed by atoms with Crippen LogP contribution in [-0.2, 0) is 14.3 Å². The van der Waals surface area contributed by atoms with Gasteiger partial charge >= 0.3 is 5.97 Å². The van der Waals surface area contributed by atoms with Gasteiger partial charge in [-0.2, -0.15) is 0 Å². The summed E-state index contributed by atoms with van der Waals surface area (Å²) in [4.78, 5) is 27.4. The lowest BCUT2D eigenvalue weighted by atomic mass is 9.80. The predicted octanol–water partition coefficient (Wildman–Crippen LogP) is 2.57. The molecule has 0 N–H and O–H groups in total. The summed E-state index contributed by atoms with van der Waals surface area (Å²) in [5, 5.41) is 0. The van der Waals surface area contributed by atoms with E-state index in [0.29, 0.717) is 26.2 Å². The molecule has 26 heavy (non-hydrogen) atoms. The number of amides is 1. The Kier molecular flexibility index (Phi) is 5.25. The molecule has 1 saturated heterocycles. The van der Waals surface area contributed by atoms with E-state index >= 15 is 0 Å². The number of para-hydroxylation sites is 1. The van der Waals surface area contributed by atoms with E-state index in [4.69, 9.17) is 0 Å². The van der Waals surface area contributed by atoms with Crippen molar-refractivity contribution in [2.75, 3.05) is 38.2 Å². The molecular formula is C19H22F2N2O3. The quantitative estimate of drug-likeness (QED) is 0.609. The van der Waals surface area contributed by atoms with E-state index in [9.17, 15) is 18.4 Å². The van der Waals surface area contributed by atoms with Crippen molar-refractivity contribution >= 4 is 23.6 Å².